The van der Waals surface area contributed by atoms with Gasteiger partial charge < -0.3 is 15.0 Å². The molecule has 1 saturated heterocycles. The summed E-state index contributed by atoms with van der Waals surface area (Å²) in [4.78, 5) is 16.0. The number of aromatic nitrogens is 4. The minimum atomic E-state index is -0.187. The van der Waals surface area contributed by atoms with Crippen molar-refractivity contribution in [2.45, 2.75) is 43.6 Å². The number of carbonyl (C=O) groups excluding carboxylic acids is 1. The summed E-state index contributed by atoms with van der Waals surface area (Å²) in [5, 5.41) is 14.4. The fourth-order valence-corrected chi connectivity index (χ4v) is 5.38. The number of H-pyrrole nitrogens is 1. The number of thioether (sulfide) groups is 1. The van der Waals surface area contributed by atoms with Crippen LogP contribution >= 0.6 is 23.4 Å². The molecule has 1 fully saturated rings. The lowest BCUT2D eigenvalue weighted by atomic mass is 10.1. The Balaban J connectivity index is 1.35. The Hall–Kier alpha value is -2.81. The summed E-state index contributed by atoms with van der Waals surface area (Å²) >= 11 is 7.66. The van der Waals surface area contributed by atoms with E-state index in [0.29, 0.717) is 16.7 Å². The van der Waals surface area contributed by atoms with Crippen LogP contribution in [0.1, 0.15) is 31.4 Å². The highest BCUT2D eigenvalue weighted by molar-refractivity contribution is 7.99. The number of hydrogen-bond acceptors (Lipinski definition) is 5. The van der Waals surface area contributed by atoms with Crippen molar-refractivity contribution >= 4 is 40.2 Å². The van der Waals surface area contributed by atoms with E-state index in [-0.39, 0.29) is 23.8 Å². The Morgan fingerprint density at radius 1 is 1.26 bits per heavy atom. The maximum atomic E-state index is 12.7. The van der Waals surface area contributed by atoms with Gasteiger partial charge in [-0.15, -0.1) is 10.2 Å². The standard InChI is InChI=1S/C25H26ClN5O2S/c1-16(18-8-2-4-10-21(18)26)28-23(32)15-34-25-30-29-24(31(25)14-17-7-6-12-33-17)20-13-27-22-11-5-3-9-19(20)22/h2-5,8-11,13,16-17,27H,6-7,12,14-15H2,1H3,(H,28,32). The van der Waals surface area contributed by atoms with Gasteiger partial charge in [0.2, 0.25) is 5.91 Å². The van der Waals surface area contributed by atoms with Gasteiger partial charge >= 0.3 is 0 Å². The lowest BCUT2D eigenvalue weighted by Crippen LogP contribution is -2.28. The molecule has 34 heavy (non-hydrogen) atoms. The fraction of sp³-hybridized carbons (Fsp3) is 0.320. The Bertz CT molecular complexity index is 1300. The summed E-state index contributed by atoms with van der Waals surface area (Å²) in [6.45, 7) is 3.36. The molecule has 1 aliphatic rings. The summed E-state index contributed by atoms with van der Waals surface area (Å²) in [5.41, 5.74) is 2.93. The third-order valence-corrected chi connectivity index (χ3v) is 7.35. The molecule has 5 rings (SSSR count). The minimum Gasteiger partial charge on any atom is -0.376 e. The lowest BCUT2D eigenvalue weighted by Gasteiger charge is -2.16. The van der Waals surface area contributed by atoms with Gasteiger partial charge in [-0.1, -0.05) is 59.8 Å². The van der Waals surface area contributed by atoms with E-state index >= 15 is 0 Å². The van der Waals surface area contributed by atoms with Crippen molar-refractivity contribution in [1.82, 2.24) is 25.1 Å². The first-order chi connectivity index (χ1) is 16.6. The van der Waals surface area contributed by atoms with Crippen LogP contribution in [0.15, 0.2) is 59.9 Å². The van der Waals surface area contributed by atoms with Crippen LogP contribution in [0.3, 0.4) is 0 Å². The zero-order valence-electron chi connectivity index (χ0n) is 18.8. The van der Waals surface area contributed by atoms with Crippen LogP contribution < -0.4 is 5.32 Å². The Kier molecular flexibility index (Phi) is 6.89. The summed E-state index contributed by atoms with van der Waals surface area (Å²) in [6, 6.07) is 15.5. The Labute approximate surface area is 207 Å². The van der Waals surface area contributed by atoms with Crippen LogP contribution in [0.5, 0.6) is 0 Å². The fourth-order valence-electron chi connectivity index (χ4n) is 4.33. The van der Waals surface area contributed by atoms with Gasteiger partial charge in [-0.25, -0.2) is 0 Å². The molecule has 4 aromatic rings. The minimum absolute atomic E-state index is 0.0854. The molecule has 1 amide bonds. The molecule has 0 radical (unpaired) electrons. The van der Waals surface area contributed by atoms with Crippen molar-refractivity contribution in [3.05, 3.63) is 65.3 Å². The SMILES string of the molecule is CC(NC(=O)CSc1nnc(-c2c[nH]c3ccccc23)n1CC1CCCO1)c1ccccc1Cl. The molecule has 2 aromatic carbocycles. The highest BCUT2D eigenvalue weighted by Crippen LogP contribution is 2.31. The van der Waals surface area contributed by atoms with E-state index in [4.69, 9.17) is 16.3 Å². The number of ether oxygens (including phenoxy) is 1. The molecule has 176 valence electrons. The quantitative estimate of drug-likeness (QED) is 0.327. The number of amides is 1. The molecule has 0 spiro atoms. The van der Waals surface area contributed by atoms with Gasteiger partial charge in [0.05, 0.1) is 24.4 Å². The number of benzene rings is 2. The number of halogens is 1. The van der Waals surface area contributed by atoms with E-state index in [2.05, 4.69) is 31.1 Å². The zero-order valence-corrected chi connectivity index (χ0v) is 20.4. The third-order valence-electron chi connectivity index (χ3n) is 6.04. The molecule has 2 aromatic heterocycles. The van der Waals surface area contributed by atoms with E-state index in [9.17, 15) is 4.79 Å². The Morgan fingerprint density at radius 3 is 2.91 bits per heavy atom. The molecule has 2 atom stereocenters. The molecule has 7 nitrogen and oxygen atoms in total. The first-order valence-electron chi connectivity index (χ1n) is 11.4. The second-order valence-electron chi connectivity index (χ2n) is 8.40. The topological polar surface area (TPSA) is 84.8 Å². The van der Waals surface area contributed by atoms with Crippen molar-refractivity contribution in [2.75, 3.05) is 12.4 Å². The number of rotatable bonds is 8. The van der Waals surface area contributed by atoms with E-state index < -0.39 is 0 Å². The van der Waals surface area contributed by atoms with Crippen LogP contribution in [0.4, 0.5) is 0 Å². The van der Waals surface area contributed by atoms with Crippen molar-refractivity contribution in [3.63, 3.8) is 0 Å². The van der Waals surface area contributed by atoms with Crippen molar-refractivity contribution in [1.29, 1.82) is 0 Å². The van der Waals surface area contributed by atoms with Crippen molar-refractivity contribution < 1.29 is 9.53 Å². The van der Waals surface area contributed by atoms with Crippen molar-refractivity contribution in [2.24, 2.45) is 0 Å². The number of para-hydroxylation sites is 1. The van der Waals surface area contributed by atoms with Crippen LogP contribution in [0.25, 0.3) is 22.3 Å². The molecular weight excluding hydrogens is 470 g/mol. The molecule has 0 bridgehead atoms. The van der Waals surface area contributed by atoms with Crippen molar-refractivity contribution in [3.8, 4) is 11.4 Å². The number of carbonyl (C=O) groups is 1. The largest absolute Gasteiger partial charge is 0.376 e. The van der Waals surface area contributed by atoms with E-state index in [1.807, 2.05) is 55.6 Å². The average molecular weight is 496 g/mol. The van der Waals surface area contributed by atoms with Gasteiger partial charge in [-0.3, -0.25) is 9.36 Å². The molecule has 2 unspecified atom stereocenters. The molecule has 1 aliphatic heterocycles. The third kappa shape index (κ3) is 4.85. The number of fused-ring (bicyclic) bond motifs is 1. The maximum absolute atomic E-state index is 12.7. The zero-order chi connectivity index (χ0) is 23.5. The van der Waals surface area contributed by atoms with Crippen LogP contribution in [0, 0.1) is 0 Å². The molecule has 2 N–H and O–H groups in total. The molecule has 0 aliphatic carbocycles. The van der Waals surface area contributed by atoms with Gasteiger partial charge in [-0.2, -0.15) is 0 Å². The predicted molar refractivity (Wildman–Crippen MR) is 135 cm³/mol. The maximum Gasteiger partial charge on any atom is 0.230 e. The highest BCUT2D eigenvalue weighted by atomic mass is 35.5. The summed E-state index contributed by atoms with van der Waals surface area (Å²) in [7, 11) is 0. The summed E-state index contributed by atoms with van der Waals surface area (Å²) in [6.07, 6.45) is 4.15. The van der Waals surface area contributed by atoms with Crippen LogP contribution in [-0.4, -0.2) is 44.1 Å². The number of nitrogens with zero attached hydrogens (tertiary/aromatic N) is 3. The van der Waals surface area contributed by atoms with Gasteiger partial charge in [0, 0.05) is 34.3 Å². The second kappa shape index (κ2) is 10.2. The van der Waals surface area contributed by atoms with Crippen LogP contribution in [-0.2, 0) is 16.1 Å². The Morgan fingerprint density at radius 2 is 2.09 bits per heavy atom. The number of aromatic amines is 1. The van der Waals surface area contributed by atoms with Gasteiger partial charge in [0.15, 0.2) is 11.0 Å². The lowest BCUT2D eigenvalue weighted by molar-refractivity contribution is -0.119. The summed E-state index contributed by atoms with van der Waals surface area (Å²) in [5.74, 6) is 0.921. The van der Waals surface area contributed by atoms with E-state index in [0.717, 1.165) is 47.3 Å². The second-order valence-corrected chi connectivity index (χ2v) is 9.75. The monoisotopic (exact) mass is 495 g/mol. The molecule has 3 heterocycles. The number of hydrogen-bond donors (Lipinski definition) is 2. The van der Waals surface area contributed by atoms with E-state index in [1.165, 1.54) is 11.8 Å². The molecular formula is C25H26ClN5O2S. The van der Waals surface area contributed by atoms with Crippen LogP contribution in [0.2, 0.25) is 5.02 Å². The predicted octanol–water partition coefficient (Wildman–Crippen LogP) is 5.23. The first kappa shape index (κ1) is 23.0. The van der Waals surface area contributed by atoms with Gasteiger partial charge in [-0.05, 0) is 37.5 Å². The average Bonchev–Trinajstić information content (AvgIpc) is 3.58. The molecule has 0 saturated carbocycles. The normalized spacial score (nSPS) is 16.7. The highest BCUT2D eigenvalue weighted by Gasteiger charge is 2.24. The van der Waals surface area contributed by atoms with Gasteiger partial charge in [0.25, 0.3) is 0 Å². The smallest absolute Gasteiger partial charge is 0.230 e. The van der Waals surface area contributed by atoms with E-state index in [1.54, 1.807) is 0 Å². The number of nitrogens with one attached hydrogen (secondary N) is 2. The van der Waals surface area contributed by atoms with Gasteiger partial charge in [0.1, 0.15) is 0 Å². The first-order valence-corrected chi connectivity index (χ1v) is 12.7. The summed E-state index contributed by atoms with van der Waals surface area (Å²) < 4.78 is 7.98. The molecule has 9 heteroatoms.